The van der Waals surface area contributed by atoms with Gasteiger partial charge in [-0.2, -0.15) is 0 Å². The molecule has 130 valence electrons. The Morgan fingerprint density at radius 1 is 0.808 bits per heavy atom. The van der Waals surface area contributed by atoms with Crippen LogP contribution in [-0.4, -0.2) is 25.8 Å². The first-order valence-electron chi connectivity index (χ1n) is 6.67. The number of halogens is 1. The molecular weight excluding hydrogens is 374 g/mol. The predicted octanol–water partition coefficient (Wildman–Crippen LogP) is 3.00. The van der Waals surface area contributed by atoms with E-state index >= 15 is 0 Å². The number of fused-ring (bicyclic) bond motifs is 3. The van der Waals surface area contributed by atoms with Gasteiger partial charge in [-0.05, 0) is 11.6 Å². The second-order valence-electron chi connectivity index (χ2n) is 5.18. The minimum atomic E-state index is -1.17. The fraction of sp³-hybridized carbons (Fsp3) is 0. The summed E-state index contributed by atoms with van der Waals surface area (Å²) < 4.78 is 0. The lowest BCUT2D eigenvalue weighted by atomic mass is 9.97. The number of hydrogen-bond donors (Lipinski definition) is 0. The van der Waals surface area contributed by atoms with E-state index in [0.717, 1.165) is 18.2 Å². The van der Waals surface area contributed by atoms with Crippen LogP contribution in [0, 0.1) is 30.3 Å². The van der Waals surface area contributed by atoms with Crippen LogP contribution >= 0.6 is 11.6 Å². The first-order chi connectivity index (χ1) is 12.1. The number of non-ortho nitro benzene ring substituents is 2. The molecule has 2 aromatic carbocycles. The first-order valence-corrected chi connectivity index (χ1v) is 7.05. The van der Waals surface area contributed by atoms with Crippen molar-refractivity contribution in [3.63, 3.8) is 0 Å². The number of carbonyl (C=O) groups is 2. The lowest BCUT2D eigenvalue weighted by Crippen LogP contribution is -2.01. The normalized spacial score (nSPS) is 11.7. The number of benzene rings is 2. The van der Waals surface area contributed by atoms with Crippen molar-refractivity contribution < 1.29 is 24.4 Å². The zero-order valence-electron chi connectivity index (χ0n) is 12.3. The van der Waals surface area contributed by atoms with Gasteiger partial charge < -0.3 is 0 Å². The van der Waals surface area contributed by atoms with Gasteiger partial charge in [-0.25, -0.2) is 0 Å². The topological polar surface area (TPSA) is 164 Å². The van der Waals surface area contributed by atoms with E-state index in [0.29, 0.717) is 6.07 Å². The van der Waals surface area contributed by atoms with E-state index in [9.17, 15) is 39.9 Å². The molecule has 2 aromatic rings. The van der Waals surface area contributed by atoms with Gasteiger partial charge in [-0.1, -0.05) is 0 Å². The summed E-state index contributed by atoms with van der Waals surface area (Å²) in [4.78, 5) is 54.9. The Hall–Kier alpha value is -3.73. The third-order valence-corrected chi connectivity index (χ3v) is 4.00. The highest BCUT2D eigenvalue weighted by atomic mass is 35.5. The second-order valence-corrected chi connectivity index (χ2v) is 5.52. The van der Waals surface area contributed by atoms with Gasteiger partial charge in [0.25, 0.3) is 22.3 Å². The van der Waals surface area contributed by atoms with Crippen LogP contribution < -0.4 is 0 Å². The van der Waals surface area contributed by atoms with Crippen LogP contribution in [0.1, 0.15) is 26.3 Å². The molecule has 3 rings (SSSR count). The number of nitro groups is 3. The molecule has 0 saturated heterocycles. The Morgan fingerprint density at radius 3 is 1.77 bits per heavy atom. The maximum atomic E-state index is 12.6. The Balaban J connectivity index is 2.48. The Labute approximate surface area is 147 Å². The van der Waals surface area contributed by atoms with Crippen LogP contribution in [0.3, 0.4) is 0 Å². The van der Waals surface area contributed by atoms with Crippen molar-refractivity contribution in [3.8, 4) is 11.1 Å². The molecule has 11 nitrogen and oxygen atoms in total. The van der Waals surface area contributed by atoms with E-state index in [1.807, 2.05) is 0 Å². The third-order valence-electron chi connectivity index (χ3n) is 3.79. The van der Waals surface area contributed by atoms with Crippen molar-refractivity contribution in [2.45, 2.75) is 0 Å². The highest BCUT2D eigenvalue weighted by Gasteiger charge is 2.39. The van der Waals surface area contributed by atoms with Crippen LogP contribution in [0.15, 0.2) is 24.3 Å². The van der Waals surface area contributed by atoms with Gasteiger partial charge in [0.2, 0.25) is 0 Å². The van der Waals surface area contributed by atoms with E-state index in [4.69, 9.17) is 11.6 Å². The molecule has 0 saturated carbocycles. The smallest absolute Gasteiger partial charge is 0.284 e. The van der Waals surface area contributed by atoms with Crippen molar-refractivity contribution in [1.29, 1.82) is 0 Å². The van der Waals surface area contributed by atoms with E-state index in [2.05, 4.69) is 0 Å². The van der Waals surface area contributed by atoms with Gasteiger partial charge in [0.15, 0.2) is 5.78 Å². The molecule has 0 radical (unpaired) electrons. The summed E-state index contributed by atoms with van der Waals surface area (Å²) in [6.45, 7) is 0. The summed E-state index contributed by atoms with van der Waals surface area (Å²) >= 11 is 5.44. The molecule has 0 bridgehead atoms. The Kier molecular flexibility index (Phi) is 3.73. The molecule has 0 aromatic heterocycles. The molecule has 0 unspecified atom stereocenters. The molecular formula is C14H4ClN3O8. The molecule has 0 aliphatic heterocycles. The summed E-state index contributed by atoms with van der Waals surface area (Å²) in [6, 6.07) is 3.10. The number of carbonyl (C=O) groups excluding carboxylic acids is 2. The van der Waals surface area contributed by atoms with Crippen molar-refractivity contribution in [2.75, 3.05) is 0 Å². The van der Waals surface area contributed by atoms with Crippen LogP contribution in [0.25, 0.3) is 11.1 Å². The third kappa shape index (κ3) is 2.38. The number of ketones is 1. The maximum Gasteiger partial charge on any atom is 0.284 e. The summed E-state index contributed by atoms with van der Waals surface area (Å²) in [5.74, 6) is -0.912. The molecule has 1 aliphatic carbocycles. The van der Waals surface area contributed by atoms with Gasteiger partial charge in [0.1, 0.15) is 0 Å². The van der Waals surface area contributed by atoms with Crippen LogP contribution in [0.2, 0.25) is 0 Å². The van der Waals surface area contributed by atoms with Crippen LogP contribution in [0.4, 0.5) is 17.1 Å². The summed E-state index contributed by atoms with van der Waals surface area (Å²) in [5.41, 5.74) is -3.93. The molecule has 12 heteroatoms. The average Bonchev–Trinajstić information content (AvgIpc) is 2.85. The molecule has 0 heterocycles. The lowest BCUT2D eigenvalue weighted by Gasteiger charge is -2.06. The monoisotopic (exact) mass is 377 g/mol. The number of nitrogens with zero attached hydrogens (tertiary/aromatic N) is 3. The van der Waals surface area contributed by atoms with E-state index < -0.39 is 54.0 Å². The summed E-state index contributed by atoms with van der Waals surface area (Å²) in [6.07, 6.45) is 0. The van der Waals surface area contributed by atoms with Gasteiger partial charge in [-0.3, -0.25) is 39.9 Å². The molecule has 26 heavy (non-hydrogen) atoms. The van der Waals surface area contributed by atoms with E-state index in [1.165, 1.54) is 0 Å². The molecule has 0 atom stereocenters. The van der Waals surface area contributed by atoms with Crippen LogP contribution in [0.5, 0.6) is 0 Å². The molecule has 1 aliphatic rings. The van der Waals surface area contributed by atoms with Gasteiger partial charge in [-0.15, -0.1) is 0 Å². The molecule has 0 fully saturated rings. The molecule has 0 N–H and O–H groups in total. The minimum absolute atomic E-state index is 0.253. The van der Waals surface area contributed by atoms with Crippen molar-refractivity contribution in [1.82, 2.24) is 0 Å². The van der Waals surface area contributed by atoms with Crippen molar-refractivity contribution in [2.24, 2.45) is 0 Å². The Morgan fingerprint density at radius 2 is 1.31 bits per heavy atom. The zero-order valence-corrected chi connectivity index (χ0v) is 13.1. The van der Waals surface area contributed by atoms with E-state index in [-0.39, 0.29) is 16.7 Å². The molecule has 0 amide bonds. The maximum absolute atomic E-state index is 12.6. The highest BCUT2D eigenvalue weighted by molar-refractivity contribution is 6.68. The predicted molar refractivity (Wildman–Crippen MR) is 85.5 cm³/mol. The minimum Gasteiger partial charge on any atom is -0.289 e. The highest BCUT2D eigenvalue weighted by Crippen LogP contribution is 2.47. The summed E-state index contributed by atoms with van der Waals surface area (Å²) in [7, 11) is 0. The lowest BCUT2D eigenvalue weighted by molar-refractivity contribution is -0.393. The standard InChI is InChI=1S/C14H4ClN3O8/c15-14(20)9-3-5(16(21)22)1-7-11(9)12-8(13(7)19)2-6(17(23)24)4-10(12)18(25)26/h1-4H. The number of hydrogen-bond acceptors (Lipinski definition) is 8. The average molecular weight is 378 g/mol. The fourth-order valence-electron chi connectivity index (χ4n) is 2.78. The van der Waals surface area contributed by atoms with Gasteiger partial charge in [0.05, 0.1) is 26.4 Å². The van der Waals surface area contributed by atoms with Gasteiger partial charge in [0, 0.05) is 40.5 Å². The SMILES string of the molecule is O=C(Cl)c1cc([N+](=O)[O-])cc2c1-c1c(cc([N+](=O)[O-])cc1[N+](=O)[O-])C2=O. The first kappa shape index (κ1) is 17.1. The second kappa shape index (κ2) is 5.67. The van der Waals surface area contributed by atoms with E-state index in [1.54, 1.807) is 0 Å². The molecule has 0 spiro atoms. The Bertz CT molecular complexity index is 995. The van der Waals surface area contributed by atoms with Crippen molar-refractivity contribution in [3.05, 3.63) is 71.3 Å². The fourth-order valence-corrected chi connectivity index (χ4v) is 2.93. The number of rotatable bonds is 4. The largest absolute Gasteiger partial charge is 0.289 e. The van der Waals surface area contributed by atoms with Gasteiger partial charge >= 0.3 is 0 Å². The summed E-state index contributed by atoms with van der Waals surface area (Å²) in [5, 5.41) is 32.2. The quantitative estimate of drug-likeness (QED) is 0.380. The number of nitro benzene ring substituents is 3. The van der Waals surface area contributed by atoms with Crippen molar-refractivity contribution >= 4 is 39.7 Å². The zero-order chi connectivity index (χ0) is 19.3. The van der Waals surface area contributed by atoms with Crippen LogP contribution in [-0.2, 0) is 0 Å².